The van der Waals surface area contributed by atoms with Gasteiger partial charge in [0.25, 0.3) is 0 Å². The summed E-state index contributed by atoms with van der Waals surface area (Å²) in [5, 5.41) is 21.4. The molecule has 0 bridgehead atoms. The summed E-state index contributed by atoms with van der Waals surface area (Å²) in [6, 6.07) is 8.05. The Labute approximate surface area is 140 Å². The van der Waals surface area contributed by atoms with Gasteiger partial charge in [-0.15, -0.1) is 0 Å². The lowest BCUT2D eigenvalue weighted by atomic mass is 9.95. The van der Waals surface area contributed by atoms with Crippen LogP contribution in [0.5, 0.6) is 0 Å². The summed E-state index contributed by atoms with van der Waals surface area (Å²) in [4.78, 5) is 10.9. The first-order valence-corrected chi connectivity index (χ1v) is 7.26. The van der Waals surface area contributed by atoms with Crippen molar-refractivity contribution in [3.05, 3.63) is 71.0 Å². The molecule has 4 nitrogen and oxygen atoms in total. The standard InChI is InChI=1S/C17H15F4NO3/c18-13-7-3-11(4-8-13)15(23)14(22-16(24)25)9-10-1-5-12(6-2-10)17(19,20)21/h1-8,14-15,22-23H,9H2,(H,24,25). The first-order valence-electron chi connectivity index (χ1n) is 7.26. The van der Waals surface area contributed by atoms with Gasteiger partial charge in [-0.05, 0) is 41.8 Å². The zero-order valence-corrected chi connectivity index (χ0v) is 12.8. The fourth-order valence-corrected chi connectivity index (χ4v) is 2.38. The van der Waals surface area contributed by atoms with Crippen LogP contribution in [0, 0.1) is 5.82 Å². The largest absolute Gasteiger partial charge is 0.465 e. The van der Waals surface area contributed by atoms with Gasteiger partial charge in [0.15, 0.2) is 0 Å². The van der Waals surface area contributed by atoms with E-state index in [2.05, 4.69) is 5.32 Å². The molecule has 0 aliphatic rings. The smallest absolute Gasteiger partial charge is 0.416 e. The first-order chi connectivity index (χ1) is 11.7. The van der Waals surface area contributed by atoms with Crippen molar-refractivity contribution in [1.82, 2.24) is 5.32 Å². The molecule has 0 spiro atoms. The van der Waals surface area contributed by atoms with Crippen LogP contribution in [0.2, 0.25) is 0 Å². The number of hydrogen-bond donors (Lipinski definition) is 3. The Morgan fingerprint density at radius 1 is 1.04 bits per heavy atom. The van der Waals surface area contributed by atoms with Crippen LogP contribution in [-0.2, 0) is 12.6 Å². The third-order valence-electron chi connectivity index (χ3n) is 3.64. The molecule has 1 amide bonds. The number of amides is 1. The summed E-state index contributed by atoms with van der Waals surface area (Å²) in [5.41, 5.74) is -0.127. The van der Waals surface area contributed by atoms with E-state index in [1.54, 1.807) is 0 Å². The van der Waals surface area contributed by atoms with Crippen molar-refractivity contribution in [2.24, 2.45) is 0 Å². The lowest BCUT2D eigenvalue weighted by Crippen LogP contribution is -2.40. The maximum atomic E-state index is 13.0. The third kappa shape index (κ3) is 5.18. The molecule has 0 saturated heterocycles. The lowest BCUT2D eigenvalue weighted by Gasteiger charge is -2.23. The van der Waals surface area contributed by atoms with Gasteiger partial charge in [-0.3, -0.25) is 0 Å². The Morgan fingerprint density at radius 3 is 2.08 bits per heavy atom. The van der Waals surface area contributed by atoms with Gasteiger partial charge in [0.2, 0.25) is 0 Å². The van der Waals surface area contributed by atoms with E-state index in [1.165, 1.54) is 24.3 Å². The van der Waals surface area contributed by atoms with Gasteiger partial charge in [-0.2, -0.15) is 13.2 Å². The maximum absolute atomic E-state index is 13.0. The summed E-state index contributed by atoms with van der Waals surface area (Å²) in [6.07, 6.45) is -7.19. The van der Waals surface area contributed by atoms with Crippen molar-refractivity contribution in [2.45, 2.75) is 24.7 Å². The molecule has 0 aliphatic carbocycles. The number of halogens is 4. The summed E-state index contributed by atoms with van der Waals surface area (Å²) in [5.74, 6) is -0.513. The molecule has 0 saturated carbocycles. The minimum absolute atomic E-state index is 0.0387. The SMILES string of the molecule is O=C(O)NC(Cc1ccc(C(F)(F)F)cc1)C(O)c1ccc(F)cc1. The van der Waals surface area contributed by atoms with Crippen molar-refractivity contribution in [2.75, 3.05) is 0 Å². The predicted molar refractivity (Wildman–Crippen MR) is 81.5 cm³/mol. The molecule has 2 atom stereocenters. The maximum Gasteiger partial charge on any atom is 0.416 e. The summed E-state index contributed by atoms with van der Waals surface area (Å²) in [7, 11) is 0. The normalized spacial score (nSPS) is 14.0. The highest BCUT2D eigenvalue weighted by atomic mass is 19.4. The van der Waals surface area contributed by atoms with Crippen LogP contribution in [0.4, 0.5) is 22.4 Å². The van der Waals surface area contributed by atoms with Crippen LogP contribution in [0.25, 0.3) is 0 Å². The lowest BCUT2D eigenvalue weighted by molar-refractivity contribution is -0.137. The van der Waals surface area contributed by atoms with Gasteiger partial charge in [0.1, 0.15) is 5.82 Å². The highest BCUT2D eigenvalue weighted by Gasteiger charge is 2.30. The zero-order chi connectivity index (χ0) is 18.6. The molecule has 0 heterocycles. The molecular formula is C17H15F4NO3. The van der Waals surface area contributed by atoms with Gasteiger partial charge in [-0.25, -0.2) is 9.18 Å². The summed E-state index contributed by atoms with van der Waals surface area (Å²) >= 11 is 0. The molecule has 8 heteroatoms. The number of aliphatic hydroxyl groups is 1. The third-order valence-corrected chi connectivity index (χ3v) is 3.64. The average Bonchev–Trinajstić information content (AvgIpc) is 2.53. The molecule has 3 N–H and O–H groups in total. The minimum atomic E-state index is -4.47. The van der Waals surface area contributed by atoms with Crippen LogP contribution in [0.1, 0.15) is 22.8 Å². The van der Waals surface area contributed by atoms with Crippen LogP contribution < -0.4 is 5.32 Å². The molecular weight excluding hydrogens is 342 g/mol. The summed E-state index contributed by atoms with van der Waals surface area (Å²) < 4.78 is 50.7. The van der Waals surface area contributed by atoms with Gasteiger partial charge >= 0.3 is 12.3 Å². The topological polar surface area (TPSA) is 69.6 Å². The number of benzene rings is 2. The van der Waals surface area contributed by atoms with Crippen molar-refractivity contribution in [3.63, 3.8) is 0 Å². The van der Waals surface area contributed by atoms with E-state index < -0.39 is 35.8 Å². The van der Waals surface area contributed by atoms with Crippen LogP contribution in [-0.4, -0.2) is 22.3 Å². The monoisotopic (exact) mass is 357 g/mol. The van der Waals surface area contributed by atoms with Crippen molar-refractivity contribution >= 4 is 6.09 Å². The zero-order valence-electron chi connectivity index (χ0n) is 12.8. The van der Waals surface area contributed by atoms with Crippen LogP contribution >= 0.6 is 0 Å². The van der Waals surface area contributed by atoms with E-state index in [-0.39, 0.29) is 12.0 Å². The summed E-state index contributed by atoms with van der Waals surface area (Å²) in [6.45, 7) is 0. The number of hydrogen-bond acceptors (Lipinski definition) is 2. The molecule has 2 aromatic rings. The van der Waals surface area contributed by atoms with E-state index in [0.717, 1.165) is 24.3 Å². The number of rotatable bonds is 5. The van der Waals surface area contributed by atoms with Crippen LogP contribution in [0.15, 0.2) is 48.5 Å². The van der Waals surface area contributed by atoms with Gasteiger partial charge < -0.3 is 15.5 Å². The number of carboxylic acid groups (broad SMARTS) is 1. The second-order valence-corrected chi connectivity index (χ2v) is 5.45. The quantitative estimate of drug-likeness (QED) is 0.714. The van der Waals surface area contributed by atoms with E-state index in [1.807, 2.05) is 0 Å². The minimum Gasteiger partial charge on any atom is -0.465 e. The fourth-order valence-electron chi connectivity index (χ4n) is 2.38. The molecule has 2 rings (SSSR count). The van der Waals surface area contributed by atoms with Crippen LogP contribution in [0.3, 0.4) is 0 Å². The number of nitrogens with one attached hydrogen (secondary N) is 1. The second-order valence-electron chi connectivity index (χ2n) is 5.45. The molecule has 134 valence electrons. The van der Waals surface area contributed by atoms with E-state index in [9.17, 15) is 27.5 Å². The first kappa shape index (κ1) is 18.7. The highest BCUT2D eigenvalue weighted by molar-refractivity contribution is 5.65. The Bertz CT molecular complexity index is 714. The predicted octanol–water partition coefficient (Wildman–Crippen LogP) is 3.76. The van der Waals surface area contributed by atoms with Gasteiger partial charge in [0, 0.05) is 0 Å². The molecule has 0 aromatic heterocycles. The molecule has 0 radical (unpaired) electrons. The number of aliphatic hydroxyl groups excluding tert-OH is 1. The molecule has 0 fully saturated rings. The van der Waals surface area contributed by atoms with Crippen molar-refractivity contribution in [3.8, 4) is 0 Å². The van der Waals surface area contributed by atoms with E-state index in [0.29, 0.717) is 5.56 Å². The Balaban J connectivity index is 2.19. The number of alkyl halides is 3. The van der Waals surface area contributed by atoms with Gasteiger partial charge in [-0.1, -0.05) is 24.3 Å². The Hall–Kier alpha value is -2.61. The molecule has 2 unspecified atom stereocenters. The van der Waals surface area contributed by atoms with Crippen molar-refractivity contribution < 1.29 is 32.6 Å². The fraction of sp³-hybridized carbons (Fsp3) is 0.235. The highest BCUT2D eigenvalue weighted by Crippen LogP contribution is 2.29. The molecule has 25 heavy (non-hydrogen) atoms. The van der Waals surface area contributed by atoms with Gasteiger partial charge in [0.05, 0.1) is 17.7 Å². The number of carbonyl (C=O) groups is 1. The Morgan fingerprint density at radius 2 is 1.60 bits per heavy atom. The molecule has 2 aromatic carbocycles. The van der Waals surface area contributed by atoms with E-state index >= 15 is 0 Å². The van der Waals surface area contributed by atoms with E-state index in [4.69, 9.17) is 5.11 Å². The van der Waals surface area contributed by atoms with Crippen molar-refractivity contribution in [1.29, 1.82) is 0 Å². The average molecular weight is 357 g/mol. The molecule has 0 aliphatic heterocycles. The second kappa shape index (κ2) is 7.52. The Kier molecular flexibility index (Phi) is 5.63.